The van der Waals surface area contributed by atoms with Gasteiger partial charge in [-0.2, -0.15) is 0 Å². The average molecular weight is 397 g/mol. The molecular formula is C22H29N4O3+. The molecule has 0 saturated carbocycles. The van der Waals surface area contributed by atoms with Crippen molar-refractivity contribution in [2.75, 3.05) is 50.1 Å². The summed E-state index contributed by atoms with van der Waals surface area (Å²) in [5.41, 5.74) is 3.96. The Morgan fingerprint density at radius 1 is 1.07 bits per heavy atom. The van der Waals surface area contributed by atoms with E-state index in [9.17, 15) is 9.59 Å². The third-order valence-electron chi connectivity index (χ3n) is 5.42. The quantitative estimate of drug-likeness (QED) is 0.712. The summed E-state index contributed by atoms with van der Waals surface area (Å²) >= 11 is 0. The van der Waals surface area contributed by atoms with Gasteiger partial charge < -0.3 is 19.9 Å². The number of nitrogens with zero attached hydrogens (tertiary/aromatic N) is 1. The summed E-state index contributed by atoms with van der Waals surface area (Å²) in [6.45, 7) is 7.64. The molecule has 0 radical (unpaired) electrons. The van der Waals surface area contributed by atoms with E-state index in [0.29, 0.717) is 0 Å². The standard InChI is InChI=1S/C22H28N4O3/c1-16-5-4-6-20(17(16)2)23-22(28)24-21(27)15-25-11-13-26(14-12-25)18-7-9-19(29-3)10-8-18/h4-10H,11-15H2,1-3H3,(H2,23,24,27,28)/p+1. The maximum atomic E-state index is 12.3. The second-order valence-corrected chi connectivity index (χ2v) is 7.36. The molecule has 0 unspecified atom stereocenters. The third-order valence-corrected chi connectivity index (χ3v) is 5.42. The van der Waals surface area contributed by atoms with Crippen LogP contribution in [0.3, 0.4) is 0 Å². The van der Waals surface area contributed by atoms with Crippen LogP contribution in [-0.2, 0) is 4.79 Å². The molecule has 3 rings (SSSR count). The Balaban J connectivity index is 1.44. The topological polar surface area (TPSA) is 75.1 Å². The lowest BCUT2D eigenvalue weighted by Crippen LogP contribution is -3.16. The Bertz CT molecular complexity index is 859. The van der Waals surface area contributed by atoms with Gasteiger partial charge in [0.2, 0.25) is 0 Å². The minimum absolute atomic E-state index is 0.263. The number of amides is 3. The summed E-state index contributed by atoms with van der Waals surface area (Å²) < 4.78 is 5.20. The van der Waals surface area contributed by atoms with Crippen LogP contribution in [0.25, 0.3) is 0 Å². The number of benzene rings is 2. The molecule has 7 nitrogen and oxygen atoms in total. The molecule has 3 amide bonds. The lowest BCUT2D eigenvalue weighted by atomic mass is 10.1. The summed E-state index contributed by atoms with van der Waals surface area (Å²) in [5.74, 6) is 0.578. The first kappa shape index (κ1) is 20.7. The van der Waals surface area contributed by atoms with E-state index in [1.54, 1.807) is 7.11 Å². The number of anilines is 2. The van der Waals surface area contributed by atoms with Crippen LogP contribution in [-0.4, -0.2) is 51.8 Å². The number of ether oxygens (including phenoxy) is 1. The van der Waals surface area contributed by atoms with Crippen LogP contribution >= 0.6 is 0 Å². The van der Waals surface area contributed by atoms with Crippen LogP contribution in [0.4, 0.5) is 16.2 Å². The molecule has 0 aliphatic carbocycles. The number of nitrogens with one attached hydrogen (secondary N) is 3. The fourth-order valence-corrected chi connectivity index (χ4v) is 3.49. The molecule has 29 heavy (non-hydrogen) atoms. The van der Waals surface area contributed by atoms with Gasteiger partial charge in [-0.3, -0.25) is 10.1 Å². The highest BCUT2D eigenvalue weighted by molar-refractivity contribution is 6.01. The molecule has 2 aromatic carbocycles. The first-order chi connectivity index (χ1) is 14.0. The molecule has 0 spiro atoms. The lowest BCUT2D eigenvalue weighted by Gasteiger charge is -2.33. The van der Waals surface area contributed by atoms with Crippen LogP contribution < -0.4 is 25.2 Å². The monoisotopic (exact) mass is 397 g/mol. The second-order valence-electron chi connectivity index (χ2n) is 7.36. The van der Waals surface area contributed by atoms with Gasteiger partial charge in [-0.15, -0.1) is 0 Å². The number of piperazine rings is 1. The van der Waals surface area contributed by atoms with Crippen LogP contribution in [0.1, 0.15) is 11.1 Å². The molecule has 0 atom stereocenters. The number of quaternary nitrogens is 1. The number of carbonyl (C=O) groups excluding carboxylic acids is 2. The van der Waals surface area contributed by atoms with E-state index in [-0.39, 0.29) is 12.5 Å². The molecule has 0 bridgehead atoms. The molecule has 3 N–H and O–H groups in total. The number of hydrogen-bond donors (Lipinski definition) is 3. The van der Waals surface area contributed by atoms with E-state index < -0.39 is 6.03 Å². The normalized spacial score (nSPS) is 14.4. The minimum Gasteiger partial charge on any atom is -0.497 e. The molecule has 2 aromatic rings. The maximum absolute atomic E-state index is 12.3. The predicted octanol–water partition coefficient (Wildman–Crippen LogP) is 1.37. The van der Waals surface area contributed by atoms with Crippen molar-refractivity contribution in [1.82, 2.24) is 5.32 Å². The minimum atomic E-state index is -0.486. The first-order valence-electron chi connectivity index (χ1n) is 9.86. The van der Waals surface area contributed by atoms with Crippen LogP contribution in [0, 0.1) is 13.8 Å². The van der Waals surface area contributed by atoms with Crippen molar-refractivity contribution < 1.29 is 19.2 Å². The smallest absolute Gasteiger partial charge is 0.326 e. The Labute approximate surface area is 171 Å². The SMILES string of the molecule is COc1ccc(N2CC[NH+](CC(=O)NC(=O)Nc3cccc(C)c3C)CC2)cc1. The molecule has 154 valence electrons. The largest absolute Gasteiger partial charge is 0.497 e. The van der Waals surface area contributed by atoms with E-state index in [1.807, 2.05) is 56.3 Å². The number of methoxy groups -OCH3 is 1. The van der Waals surface area contributed by atoms with Crippen molar-refractivity contribution in [2.24, 2.45) is 0 Å². The average Bonchev–Trinajstić information content (AvgIpc) is 2.72. The van der Waals surface area contributed by atoms with Gasteiger partial charge in [-0.25, -0.2) is 4.79 Å². The molecule has 1 saturated heterocycles. The van der Waals surface area contributed by atoms with Crippen molar-refractivity contribution in [2.45, 2.75) is 13.8 Å². The van der Waals surface area contributed by atoms with Gasteiger partial charge in [0, 0.05) is 11.4 Å². The number of urea groups is 1. The Hall–Kier alpha value is -3.06. The Morgan fingerprint density at radius 2 is 1.76 bits per heavy atom. The van der Waals surface area contributed by atoms with Gasteiger partial charge in [-0.1, -0.05) is 12.1 Å². The second kappa shape index (κ2) is 9.43. The Morgan fingerprint density at radius 3 is 2.41 bits per heavy atom. The third kappa shape index (κ3) is 5.48. The molecular weight excluding hydrogens is 368 g/mol. The van der Waals surface area contributed by atoms with E-state index in [0.717, 1.165) is 54.4 Å². The number of carbonyl (C=O) groups is 2. The lowest BCUT2D eigenvalue weighted by molar-refractivity contribution is -0.892. The van der Waals surface area contributed by atoms with Crippen LogP contribution in [0.15, 0.2) is 42.5 Å². The van der Waals surface area contributed by atoms with Crippen molar-refractivity contribution in [3.05, 3.63) is 53.6 Å². The van der Waals surface area contributed by atoms with Gasteiger partial charge >= 0.3 is 6.03 Å². The zero-order valence-electron chi connectivity index (χ0n) is 17.2. The van der Waals surface area contributed by atoms with E-state index in [4.69, 9.17) is 4.74 Å². The highest BCUT2D eigenvalue weighted by Gasteiger charge is 2.23. The van der Waals surface area contributed by atoms with Gasteiger partial charge in [0.25, 0.3) is 5.91 Å². The molecule has 1 fully saturated rings. The maximum Gasteiger partial charge on any atom is 0.326 e. The van der Waals surface area contributed by atoms with Crippen molar-refractivity contribution in [3.8, 4) is 5.75 Å². The molecule has 1 heterocycles. The van der Waals surface area contributed by atoms with E-state index >= 15 is 0 Å². The number of imide groups is 1. The summed E-state index contributed by atoms with van der Waals surface area (Å²) in [7, 11) is 1.66. The number of aryl methyl sites for hydroxylation is 1. The van der Waals surface area contributed by atoms with Gasteiger partial charge in [0.15, 0.2) is 6.54 Å². The molecule has 0 aromatic heterocycles. The first-order valence-corrected chi connectivity index (χ1v) is 9.86. The van der Waals surface area contributed by atoms with Gasteiger partial charge in [0.05, 0.1) is 33.3 Å². The number of rotatable bonds is 5. The summed E-state index contributed by atoms with van der Waals surface area (Å²) in [6.07, 6.45) is 0. The summed E-state index contributed by atoms with van der Waals surface area (Å²) in [5, 5.41) is 5.20. The van der Waals surface area contributed by atoms with Crippen molar-refractivity contribution in [1.29, 1.82) is 0 Å². The fraction of sp³-hybridized carbons (Fsp3) is 0.364. The van der Waals surface area contributed by atoms with Crippen LogP contribution in [0.2, 0.25) is 0 Å². The van der Waals surface area contributed by atoms with E-state index in [2.05, 4.69) is 15.5 Å². The van der Waals surface area contributed by atoms with E-state index in [1.165, 1.54) is 4.90 Å². The highest BCUT2D eigenvalue weighted by Crippen LogP contribution is 2.19. The van der Waals surface area contributed by atoms with Gasteiger partial charge in [0.1, 0.15) is 5.75 Å². The Kier molecular flexibility index (Phi) is 6.72. The van der Waals surface area contributed by atoms with Crippen molar-refractivity contribution in [3.63, 3.8) is 0 Å². The summed E-state index contributed by atoms with van der Waals surface area (Å²) in [6, 6.07) is 13.2. The molecule has 1 aliphatic heterocycles. The number of hydrogen-bond acceptors (Lipinski definition) is 4. The van der Waals surface area contributed by atoms with Crippen LogP contribution in [0.5, 0.6) is 5.75 Å². The zero-order valence-corrected chi connectivity index (χ0v) is 17.2. The zero-order chi connectivity index (χ0) is 20.8. The molecule has 1 aliphatic rings. The fourth-order valence-electron chi connectivity index (χ4n) is 3.49. The summed E-state index contributed by atoms with van der Waals surface area (Å²) in [4.78, 5) is 27.9. The van der Waals surface area contributed by atoms with Gasteiger partial charge in [-0.05, 0) is 55.3 Å². The highest BCUT2D eigenvalue weighted by atomic mass is 16.5. The molecule has 7 heteroatoms. The van der Waals surface area contributed by atoms with Crippen molar-refractivity contribution >= 4 is 23.3 Å². The predicted molar refractivity (Wildman–Crippen MR) is 114 cm³/mol.